The first kappa shape index (κ1) is 26.3. The Morgan fingerprint density at radius 1 is 0.828 bits per heavy atom. The minimum atomic E-state index is -1.50. The first-order chi connectivity index (χ1) is 13.3. The van der Waals surface area contributed by atoms with Crippen LogP contribution in [0.1, 0.15) is 34.1 Å². The fraction of sp³-hybridized carbons (Fsp3) is 0.706. The van der Waals surface area contributed by atoms with Crippen LogP contribution in [-0.2, 0) is 24.0 Å². The number of carboxylic acid groups (broad SMARTS) is 1. The molecule has 12 heteroatoms. The number of hydrogen-bond donors (Lipinski definition) is 7. The summed E-state index contributed by atoms with van der Waals surface area (Å²) in [6.45, 7) is 5.72. The number of aliphatic carboxylic acids is 1. The van der Waals surface area contributed by atoms with Gasteiger partial charge in [0.25, 0.3) is 0 Å². The lowest BCUT2D eigenvalue weighted by molar-refractivity contribution is -0.143. The molecular formula is C17H31N5O7. The molecule has 0 fully saturated rings. The summed E-state index contributed by atoms with van der Waals surface area (Å²) >= 11 is 0. The van der Waals surface area contributed by atoms with Crippen LogP contribution in [0.5, 0.6) is 0 Å². The Morgan fingerprint density at radius 3 is 1.69 bits per heavy atom. The van der Waals surface area contributed by atoms with Crippen LogP contribution in [0, 0.1) is 11.8 Å². The van der Waals surface area contributed by atoms with E-state index in [1.54, 1.807) is 27.7 Å². The van der Waals surface area contributed by atoms with Gasteiger partial charge in [-0.2, -0.15) is 0 Å². The Kier molecular flexibility index (Phi) is 10.8. The topological polar surface area (TPSA) is 214 Å². The average molecular weight is 417 g/mol. The molecule has 0 aromatic rings. The smallest absolute Gasteiger partial charge is 0.326 e. The molecule has 0 aliphatic carbocycles. The Balaban J connectivity index is 5.30. The van der Waals surface area contributed by atoms with Crippen molar-refractivity contribution in [1.82, 2.24) is 16.0 Å². The zero-order valence-corrected chi connectivity index (χ0v) is 17.0. The number of aliphatic hydroxyl groups is 1. The number of nitrogens with two attached hydrogens (primary N) is 2. The van der Waals surface area contributed by atoms with Crippen molar-refractivity contribution in [3.8, 4) is 0 Å². The molecule has 0 bridgehead atoms. The third-order valence-corrected chi connectivity index (χ3v) is 4.11. The van der Waals surface area contributed by atoms with Gasteiger partial charge in [-0.3, -0.25) is 19.2 Å². The van der Waals surface area contributed by atoms with Crippen molar-refractivity contribution in [2.45, 2.75) is 58.3 Å². The summed E-state index contributed by atoms with van der Waals surface area (Å²) in [7, 11) is 0. The third kappa shape index (κ3) is 8.87. The highest BCUT2D eigenvalue weighted by Gasteiger charge is 2.32. The van der Waals surface area contributed by atoms with E-state index in [-0.39, 0.29) is 5.92 Å². The molecule has 12 nitrogen and oxygen atoms in total. The van der Waals surface area contributed by atoms with Crippen LogP contribution < -0.4 is 27.4 Å². The van der Waals surface area contributed by atoms with E-state index >= 15 is 0 Å². The van der Waals surface area contributed by atoms with Gasteiger partial charge in [0, 0.05) is 0 Å². The van der Waals surface area contributed by atoms with Crippen molar-refractivity contribution in [3.05, 3.63) is 0 Å². The average Bonchev–Trinajstić information content (AvgIpc) is 2.61. The van der Waals surface area contributed by atoms with Gasteiger partial charge < -0.3 is 37.6 Å². The lowest BCUT2D eigenvalue weighted by Gasteiger charge is -2.25. The molecule has 0 aromatic carbocycles. The Bertz CT molecular complexity index is 623. The first-order valence-corrected chi connectivity index (χ1v) is 9.10. The zero-order chi connectivity index (χ0) is 22.9. The van der Waals surface area contributed by atoms with E-state index in [0.717, 1.165) is 0 Å². The monoisotopic (exact) mass is 417 g/mol. The molecule has 29 heavy (non-hydrogen) atoms. The fourth-order valence-electron chi connectivity index (χ4n) is 2.21. The SMILES string of the molecule is CC(C)C(N)C(=O)NC(CO)C(=O)NC(CC(N)=O)C(=O)NC(C(=O)O)C(C)C. The van der Waals surface area contributed by atoms with E-state index < -0.39 is 72.7 Å². The number of amides is 4. The summed E-state index contributed by atoms with van der Waals surface area (Å²) in [5.74, 6) is -5.50. The predicted molar refractivity (Wildman–Crippen MR) is 102 cm³/mol. The van der Waals surface area contributed by atoms with Crippen molar-refractivity contribution >= 4 is 29.6 Å². The first-order valence-electron chi connectivity index (χ1n) is 9.10. The molecule has 4 unspecified atom stereocenters. The van der Waals surface area contributed by atoms with Crippen LogP contribution in [0.25, 0.3) is 0 Å². The van der Waals surface area contributed by atoms with Crippen LogP contribution in [0.3, 0.4) is 0 Å². The maximum absolute atomic E-state index is 12.4. The van der Waals surface area contributed by atoms with Crippen molar-refractivity contribution in [2.24, 2.45) is 23.3 Å². The molecule has 0 radical (unpaired) electrons. The maximum atomic E-state index is 12.4. The second kappa shape index (κ2) is 12.0. The molecule has 0 aliphatic rings. The lowest BCUT2D eigenvalue weighted by atomic mass is 10.0. The van der Waals surface area contributed by atoms with Crippen molar-refractivity contribution in [3.63, 3.8) is 0 Å². The molecule has 9 N–H and O–H groups in total. The number of carbonyl (C=O) groups excluding carboxylic acids is 4. The van der Waals surface area contributed by atoms with Gasteiger partial charge in [0.05, 0.1) is 19.1 Å². The van der Waals surface area contributed by atoms with Crippen molar-refractivity contribution in [1.29, 1.82) is 0 Å². The quantitative estimate of drug-likeness (QED) is 0.174. The fourth-order valence-corrected chi connectivity index (χ4v) is 2.21. The second-order valence-corrected chi connectivity index (χ2v) is 7.31. The zero-order valence-electron chi connectivity index (χ0n) is 17.0. The van der Waals surface area contributed by atoms with Crippen LogP contribution in [0.4, 0.5) is 0 Å². The second-order valence-electron chi connectivity index (χ2n) is 7.31. The number of nitrogens with one attached hydrogen (secondary N) is 3. The largest absolute Gasteiger partial charge is 0.480 e. The molecule has 0 heterocycles. The lowest BCUT2D eigenvalue weighted by Crippen LogP contribution is -2.59. The van der Waals surface area contributed by atoms with E-state index in [1.165, 1.54) is 0 Å². The highest BCUT2D eigenvalue weighted by Crippen LogP contribution is 2.04. The molecule has 0 aromatic heterocycles. The summed E-state index contributed by atoms with van der Waals surface area (Å²) in [5, 5.41) is 25.3. The Morgan fingerprint density at radius 2 is 1.31 bits per heavy atom. The minimum absolute atomic E-state index is 0.227. The summed E-state index contributed by atoms with van der Waals surface area (Å²) < 4.78 is 0. The molecule has 0 saturated carbocycles. The molecule has 0 spiro atoms. The normalized spacial score (nSPS) is 15.2. The van der Waals surface area contributed by atoms with E-state index in [9.17, 15) is 34.2 Å². The van der Waals surface area contributed by atoms with E-state index in [2.05, 4.69) is 16.0 Å². The van der Waals surface area contributed by atoms with Gasteiger partial charge in [-0.25, -0.2) is 4.79 Å². The van der Waals surface area contributed by atoms with Crippen molar-refractivity contribution < 1.29 is 34.2 Å². The van der Waals surface area contributed by atoms with Gasteiger partial charge in [0.15, 0.2) is 0 Å². The predicted octanol–water partition coefficient (Wildman–Crippen LogP) is -2.97. The number of rotatable bonds is 12. The molecular weight excluding hydrogens is 386 g/mol. The van der Waals surface area contributed by atoms with Gasteiger partial charge in [-0.05, 0) is 11.8 Å². The summed E-state index contributed by atoms with van der Waals surface area (Å²) in [6.07, 6.45) is -0.611. The highest BCUT2D eigenvalue weighted by atomic mass is 16.4. The van der Waals surface area contributed by atoms with E-state index in [1.807, 2.05) is 0 Å². The minimum Gasteiger partial charge on any atom is -0.480 e. The Labute approximate surface area is 168 Å². The number of carbonyl (C=O) groups is 5. The number of hydrogen-bond acceptors (Lipinski definition) is 7. The van der Waals surface area contributed by atoms with Crippen LogP contribution in [0.15, 0.2) is 0 Å². The molecule has 166 valence electrons. The van der Waals surface area contributed by atoms with Gasteiger partial charge in [0.1, 0.15) is 18.1 Å². The summed E-state index contributed by atoms with van der Waals surface area (Å²) in [4.78, 5) is 59.3. The van der Waals surface area contributed by atoms with Crippen LogP contribution in [0.2, 0.25) is 0 Å². The van der Waals surface area contributed by atoms with Gasteiger partial charge in [0.2, 0.25) is 23.6 Å². The molecule has 0 saturated heterocycles. The molecule has 4 amide bonds. The van der Waals surface area contributed by atoms with Gasteiger partial charge >= 0.3 is 5.97 Å². The maximum Gasteiger partial charge on any atom is 0.326 e. The summed E-state index contributed by atoms with van der Waals surface area (Å²) in [6, 6.07) is -5.11. The van der Waals surface area contributed by atoms with Crippen molar-refractivity contribution in [2.75, 3.05) is 6.61 Å². The standard InChI is InChI=1S/C17H31N5O7/c1-7(2)12(19)16(27)21-10(6-23)15(26)20-9(5-11(18)24)14(25)22-13(8(3)4)17(28)29/h7-10,12-13,23H,5-6,19H2,1-4H3,(H2,18,24)(H,20,26)(H,21,27)(H,22,25)(H,28,29). The number of aliphatic hydroxyl groups excluding tert-OH is 1. The van der Waals surface area contributed by atoms with Gasteiger partial charge in [-0.15, -0.1) is 0 Å². The van der Waals surface area contributed by atoms with Gasteiger partial charge in [-0.1, -0.05) is 27.7 Å². The molecule has 0 aliphatic heterocycles. The highest BCUT2D eigenvalue weighted by molar-refractivity contribution is 5.96. The number of primary amides is 1. The molecule has 4 atom stereocenters. The van der Waals surface area contributed by atoms with E-state index in [4.69, 9.17) is 11.5 Å². The molecule has 0 rings (SSSR count). The Hall–Kier alpha value is -2.73. The number of carboxylic acids is 1. The summed E-state index contributed by atoms with van der Waals surface area (Å²) in [5.41, 5.74) is 10.8. The van der Waals surface area contributed by atoms with Crippen LogP contribution >= 0.6 is 0 Å². The van der Waals surface area contributed by atoms with Crippen LogP contribution in [-0.4, -0.2) is 70.6 Å². The van der Waals surface area contributed by atoms with E-state index in [0.29, 0.717) is 0 Å². The third-order valence-electron chi connectivity index (χ3n) is 4.11.